The Labute approximate surface area is 182 Å². The normalized spacial score (nSPS) is 17.8. The van der Waals surface area contributed by atoms with Crippen molar-refractivity contribution in [3.05, 3.63) is 58.7 Å². The van der Waals surface area contributed by atoms with Crippen molar-refractivity contribution in [2.24, 2.45) is 5.73 Å². The van der Waals surface area contributed by atoms with Gasteiger partial charge in [0.15, 0.2) is 0 Å². The molecule has 1 aliphatic rings. The number of amides is 1. The Kier molecular flexibility index (Phi) is 5.83. The van der Waals surface area contributed by atoms with Crippen LogP contribution in [0.5, 0.6) is 5.75 Å². The van der Waals surface area contributed by atoms with Crippen LogP contribution in [0.1, 0.15) is 10.5 Å². The zero-order chi connectivity index (χ0) is 21.3. The molecule has 8 nitrogen and oxygen atoms in total. The first-order valence-electron chi connectivity index (χ1n) is 9.27. The second kappa shape index (κ2) is 8.38. The molecule has 1 amide bonds. The molecule has 158 valence electrons. The molecule has 1 aliphatic heterocycles. The summed E-state index contributed by atoms with van der Waals surface area (Å²) in [6, 6.07) is 14.3. The van der Waals surface area contributed by atoms with E-state index in [0.717, 1.165) is 0 Å². The fourth-order valence-electron chi connectivity index (χ4n) is 3.43. The highest BCUT2D eigenvalue weighted by Crippen LogP contribution is 2.32. The second-order valence-electron chi connectivity index (χ2n) is 6.86. The third-order valence-corrected chi connectivity index (χ3v) is 7.28. The third-order valence-electron chi connectivity index (χ3n) is 4.84. The molecule has 0 bridgehead atoms. The molecule has 1 aromatic heterocycles. The monoisotopic (exact) mass is 493 g/mol. The minimum absolute atomic E-state index is 0.105. The van der Waals surface area contributed by atoms with Gasteiger partial charge in [0.2, 0.25) is 10.0 Å². The summed E-state index contributed by atoms with van der Waals surface area (Å²) in [5.74, 6) is -0.156. The second-order valence-corrected chi connectivity index (χ2v) is 9.65. The van der Waals surface area contributed by atoms with E-state index in [0.29, 0.717) is 21.1 Å². The van der Waals surface area contributed by atoms with Gasteiger partial charge < -0.3 is 20.2 Å². The van der Waals surface area contributed by atoms with E-state index in [-0.39, 0.29) is 36.9 Å². The Morgan fingerprint density at radius 2 is 2.03 bits per heavy atom. The molecular formula is C20H20BrN3O5S. The number of hydrogen-bond donors (Lipinski definition) is 2. The number of primary amides is 1. The lowest BCUT2D eigenvalue weighted by Gasteiger charge is -2.32. The maximum Gasteiger partial charge on any atom is 0.266 e. The predicted molar refractivity (Wildman–Crippen MR) is 115 cm³/mol. The van der Waals surface area contributed by atoms with E-state index >= 15 is 0 Å². The molecule has 0 radical (unpaired) electrons. The molecule has 3 N–H and O–H groups in total. The lowest BCUT2D eigenvalue weighted by Crippen LogP contribution is -2.47. The summed E-state index contributed by atoms with van der Waals surface area (Å²) in [7, 11) is -4.01. The molecule has 2 heterocycles. The van der Waals surface area contributed by atoms with Gasteiger partial charge in [-0.15, -0.1) is 0 Å². The molecule has 1 atom stereocenters. The number of hydrogen-bond acceptors (Lipinski definition) is 5. The Morgan fingerprint density at radius 1 is 1.27 bits per heavy atom. The first-order valence-corrected chi connectivity index (χ1v) is 11.5. The Hall–Kier alpha value is -2.40. The van der Waals surface area contributed by atoms with Crippen molar-refractivity contribution in [2.75, 3.05) is 26.3 Å². The number of aromatic amines is 1. The highest BCUT2D eigenvalue weighted by molar-refractivity contribution is 9.10. The van der Waals surface area contributed by atoms with Crippen LogP contribution >= 0.6 is 15.9 Å². The molecule has 1 fully saturated rings. The summed E-state index contributed by atoms with van der Waals surface area (Å²) in [5, 5.41) is 0.404. The van der Waals surface area contributed by atoms with Gasteiger partial charge in [0, 0.05) is 28.5 Å². The molecule has 0 aliphatic carbocycles. The number of rotatable bonds is 6. The fraction of sp³-hybridized carbons (Fsp3) is 0.250. The number of nitrogens with one attached hydrogen (secondary N) is 1. The van der Waals surface area contributed by atoms with Gasteiger partial charge in [0.05, 0.1) is 6.61 Å². The molecular weight excluding hydrogens is 474 g/mol. The van der Waals surface area contributed by atoms with Crippen LogP contribution in [0, 0.1) is 0 Å². The van der Waals surface area contributed by atoms with Crippen molar-refractivity contribution in [1.82, 2.24) is 9.29 Å². The van der Waals surface area contributed by atoms with Crippen molar-refractivity contribution in [3.63, 3.8) is 0 Å². The number of aromatic nitrogens is 1. The Balaban J connectivity index is 1.62. The quantitative estimate of drug-likeness (QED) is 0.547. The SMILES string of the molecule is NC(=O)c1[nH]c2ccc(Br)cc2c1S(=O)(=O)N1CCO[C@@H](COc2ccccc2)C1. The lowest BCUT2D eigenvalue weighted by molar-refractivity contribution is -0.0249. The molecule has 10 heteroatoms. The molecule has 2 aromatic carbocycles. The van der Waals surface area contributed by atoms with E-state index in [4.69, 9.17) is 15.2 Å². The van der Waals surface area contributed by atoms with Crippen LogP contribution < -0.4 is 10.5 Å². The first-order chi connectivity index (χ1) is 14.4. The lowest BCUT2D eigenvalue weighted by atomic mass is 10.2. The van der Waals surface area contributed by atoms with Crippen LogP contribution in [0.4, 0.5) is 0 Å². The largest absolute Gasteiger partial charge is 0.491 e. The van der Waals surface area contributed by atoms with Gasteiger partial charge in [-0.3, -0.25) is 4.79 Å². The molecule has 3 aromatic rings. The molecule has 0 spiro atoms. The van der Waals surface area contributed by atoms with E-state index in [9.17, 15) is 13.2 Å². The number of nitrogens with two attached hydrogens (primary N) is 1. The number of carbonyl (C=O) groups excluding carboxylic acids is 1. The number of carbonyl (C=O) groups is 1. The van der Waals surface area contributed by atoms with E-state index < -0.39 is 22.0 Å². The summed E-state index contributed by atoms with van der Waals surface area (Å²) in [6.45, 7) is 0.704. The number of halogens is 1. The van der Waals surface area contributed by atoms with Crippen molar-refractivity contribution in [2.45, 2.75) is 11.0 Å². The van der Waals surface area contributed by atoms with Gasteiger partial charge >= 0.3 is 0 Å². The maximum atomic E-state index is 13.5. The highest BCUT2D eigenvalue weighted by atomic mass is 79.9. The highest BCUT2D eigenvalue weighted by Gasteiger charge is 2.36. The van der Waals surface area contributed by atoms with Crippen LogP contribution in [0.3, 0.4) is 0 Å². The minimum Gasteiger partial charge on any atom is -0.491 e. The first kappa shape index (κ1) is 20.9. The molecule has 0 saturated carbocycles. The van der Waals surface area contributed by atoms with Crippen molar-refractivity contribution >= 4 is 42.8 Å². The van der Waals surface area contributed by atoms with Crippen LogP contribution in [0.15, 0.2) is 57.9 Å². The number of para-hydroxylation sites is 1. The van der Waals surface area contributed by atoms with Gasteiger partial charge in [-0.25, -0.2) is 8.42 Å². The summed E-state index contributed by atoms with van der Waals surface area (Å²) >= 11 is 3.35. The summed E-state index contributed by atoms with van der Waals surface area (Å²) in [5.41, 5.74) is 5.86. The van der Waals surface area contributed by atoms with E-state index in [1.165, 1.54) is 4.31 Å². The van der Waals surface area contributed by atoms with E-state index in [1.54, 1.807) is 18.2 Å². The third kappa shape index (κ3) is 4.08. The van der Waals surface area contributed by atoms with E-state index in [1.807, 2.05) is 30.3 Å². The fourth-order valence-corrected chi connectivity index (χ4v) is 5.58. The van der Waals surface area contributed by atoms with Gasteiger partial charge in [-0.05, 0) is 30.3 Å². The predicted octanol–water partition coefficient (Wildman–Crippen LogP) is 2.50. The molecule has 30 heavy (non-hydrogen) atoms. The number of ether oxygens (including phenoxy) is 2. The number of H-pyrrole nitrogens is 1. The minimum atomic E-state index is -4.01. The Bertz CT molecular complexity index is 1180. The molecule has 1 saturated heterocycles. The zero-order valence-electron chi connectivity index (χ0n) is 15.9. The number of nitrogens with zero attached hydrogens (tertiary/aromatic N) is 1. The van der Waals surface area contributed by atoms with Crippen LogP contribution in [0.2, 0.25) is 0 Å². The number of sulfonamides is 1. The van der Waals surface area contributed by atoms with E-state index in [2.05, 4.69) is 20.9 Å². The van der Waals surface area contributed by atoms with Crippen molar-refractivity contribution in [1.29, 1.82) is 0 Å². The number of fused-ring (bicyclic) bond motifs is 1. The zero-order valence-corrected chi connectivity index (χ0v) is 18.3. The average molecular weight is 494 g/mol. The van der Waals surface area contributed by atoms with Gasteiger partial charge in [-0.1, -0.05) is 34.1 Å². The summed E-state index contributed by atoms with van der Waals surface area (Å²) in [4.78, 5) is 14.7. The van der Waals surface area contributed by atoms with Crippen LogP contribution in [-0.2, 0) is 14.8 Å². The summed E-state index contributed by atoms with van der Waals surface area (Å²) in [6.07, 6.45) is -0.442. The van der Waals surface area contributed by atoms with Gasteiger partial charge in [0.1, 0.15) is 29.0 Å². The number of morpholine rings is 1. The standard InChI is InChI=1S/C20H20BrN3O5S/c21-13-6-7-17-16(10-13)19(18(23-17)20(22)25)30(26,27)24-8-9-28-15(11-24)12-29-14-4-2-1-3-5-14/h1-7,10,15,23H,8-9,11-12H2,(H2,22,25)/t15-/m1/s1. The van der Waals surface area contributed by atoms with Crippen LogP contribution in [-0.4, -0.2) is 56.0 Å². The summed E-state index contributed by atoms with van der Waals surface area (Å²) < 4.78 is 40.4. The topological polar surface area (TPSA) is 115 Å². The Morgan fingerprint density at radius 3 is 2.77 bits per heavy atom. The van der Waals surface area contributed by atoms with Gasteiger partial charge in [-0.2, -0.15) is 4.31 Å². The smallest absolute Gasteiger partial charge is 0.266 e. The maximum absolute atomic E-state index is 13.5. The van der Waals surface area contributed by atoms with Crippen LogP contribution in [0.25, 0.3) is 10.9 Å². The number of benzene rings is 2. The van der Waals surface area contributed by atoms with Crippen molar-refractivity contribution < 1.29 is 22.7 Å². The average Bonchev–Trinajstić information content (AvgIpc) is 3.13. The molecule has 4 rings (SSSR count). The van der Waals surface area contributed by atoms with Gasteiger partial charge in [0.25, 0.3) is 5.91 Å². The molecule has 0 unspecified atom stereocenters. The van der Waals surface area contributed by atoms with Crippen molar-refractivity contribution in [3.8, 4) is 5.75 Å².